The number of nitrogens with one attached hydrogen (secondary N) is 1. The molecule has 0 spiro atoms. The quantitative estimate of drug-likeness (QED) is 0.916. The second-order valence-corrected chi connectivity index (χ2v) is 6.62. The van der Waals surface area contributed by atoms with Crippen LogP contribution < -0.4 is 5.32 Å². The Morgan fingerprint density at radius 2 is 2.30 bits per heavy atom. The Kier molecular flexibility index (Phi) is 5.19. The van der Waals surface area contributed by atoms with Crippen LogP contribution in [0.4, 0.5) is 4.39 Å². The predicted octanol–water partition coefficient (Wildman–Crippen LogP) is 2.77. The Balaban J connectivity index is 1.78. The summed E-state index contributed by atoms with van der Waals surface area (Å²) in [6.07, 6.45) is 1.64. The average molecular weight is 341 g/mol. The van der Waals surface area contributed by atoms with Gasteiger partial charge in [-0.2, -0.15) is 0 Å². The standard InChI is InChI=1S/C17H22ClFN2O2/c1-2-21-7-5-15(20-17(22)12-6-8-23-10-12)16(21)11-3-4-13(18)14(19)9-11/h3-4,9,12,15-16H,2,5-8,10H2,1H3,(H,20,22). The minimum atomic E-state index is -0.415. The van der Waals surface area contributed by atoms with Crippen molar-refractivity contribution < 1.29 is 13.9 Å². The van der Waals surface area contributed by atoms with Gasteiger partial charge in [0.25, 0.3) is 0 Å². The fraction of sp³-hybridized carbons (Fsp3) is 0.588. The summed E-state index contributed by atoms with van der Waals surface area (Å²) < 4.78 is 19.1. The zero-order valence-electron chi connectivity index (χ0n) is 13.2. The number of hydrogen-bond acceptors (Lipinski definition) is 3. The van der Waals surface area contributed by atoms with E-state index in [1.54, 1.807) is 6.07 Å². The summed E-state index contributed by atoms with van der Waals surface area (Å²) in [5.74, 6) is -0.431. The summed E-state index contributed by atoms with van der Waals surface area (Å²) in [5, 5.41) is 3.28. The Morgan fingerprint density at radius 3 is 2.96 bits per heavy atom. The highest BCUT2D eigenvalue weighted by Gasteiger charge is 2.37. The number of ether oxygens (including phenoxy) is 1. The minimum Gasteiger partial charge on any atom is -0.381 e. The second-order valence-electron chi connectivity index (χ2n) is 6.21. The van der Waals surface area contributed by atoms with Crippen LogP contribution in [0.25, 0.3) is 0 Å². The van der Waals surface area contributed by atoms with Crippen LogP contribution in [0.15, 0.2) is 18.2 Å². The summed E-state index contributed by atoms with van der Waals surface area (Å²) in [6, 6.07) is 4.89. The molecule has 2 fully saturated rings. The zero-order chi connectivity index (χ0) is 16.4. The van der Waals surface area contributed by atoms with Crippen LogP contribution in [0.1, 0.15) is 31.4 Å². The SMILES string of the molecule is CCN1CCC(NC(=O)C2CCOC2)C1c1ccc(Cl)c(F)c1. The Morgan fingerprint density at radius 1 is 1.48 bits per heavy atom. The number of halogens is 2. The molecule has 0 saturated carbocycles. The second kappa shape index (κ2) is 7.16. The fourth-order valence-corrected chi connectivity index (χ4v) is 3.66. The molecular weight excluding hydrogens is 319 g/mol. The van der Waals surface area contributed by atoms with Crippen LogP contribution >= 0.6 is 11.6 Å². The van der Waals surface area contributed by atoms with Crippen molar-refractivity contribution in [3.63, 3.8) is 0 Å². The molecule has 1 aromatic rings. The van der Waals surface area contributed by atoms with Crippen LogP contribution in [-0.4, -0.2) is 43.2 Å². The lowest BCUT2D eigenvalue weighted by atomic mass is 9.98. The highest BCUT2D eigenvalue weighted by atomic mass is 35.5. The number of benzene rings is 1. The maximum absolute atomic E-state index is 13.8. The van der Waals surface area contributed by atoms with Gasteiger partial charge in [-0.1, -0.05) is 24.6 Å². The van der Waals surface area contributed by atoms with Gasteiger partial charge in [0.2, 0.25) is 5.91 Å². The van der Waals surface area contributed by atoms with Crippen molar-refractivity contribution in [3.05, 3.63) is 34.6 Å². The summed E-state index contributed by atoms with van der Waals surface area (Å²) >= 11 is 5.79. The van der Waals surface area contributed by atoms with Crippen molar-refractivity contribution in [1.82, 2.24) is 10.2 Å². The first-order valence-electron chi connectivity index (χ1n) is 8.17. The van der Waals surface area contributed by atoms with Gasteiger partial charge in [0, 0.05) is 19.2 Å². The summed E-state index contributed by atoms with van der Waals surface area (Å²) in [5.41, 5.74) is 0.860. The lowest BCUT2D eigenvalue weighted by Gasteiger charge is -2.29. The van der Waals surface area contributed by atoms with Crippen LogP contribution in [0, 0.1) is 11.7 Å². The van der Waals surface area contributed by atoms with Crippen molar-refractivity contribution in [2.75, 3.05) is 26.3 Å². The maximum Gasteiger partial charge on any atom is 0.225 e. The van der Waals surface area contributed by atoms with Crippen LogP contribution in [-0.2, 0) is 9.53 Å². The molecule has 4 nitrogen and oxygen atoms in total. The normalized spacial score (nSPS) is 28.2. The molecule has 126 valence electrons. The molecule has 0 aliphatic carbocycles. The van der Waals surface area contributed by atoms with Gasteiger partial charge >= 0.3 is 0 Å². The third kappa shape index (κ3) is 3.52. The Hall–Kier alpha value is -1.17. The Bertz CT molecular complexity index is 578. The number of likely N-dealkylation sites (tertiary alicyclic amines) is 1. The van der Waals surface area contributed by atoms with Crippen LogP contribution in [0.5, 0.6) is 0 Å². The third-order valence-electron chi connectivity index (χ3n) is 4.82. The van der Waals surface area contributed by atoms with Gasteiger partial charge in [-0.05, 0) is 37.1 Å². The van der Waals surface area contributed by atoms with Gasteiger partial charge in [0.15, 0.2) is 0 Å². The first kappa shape index (κ1) is 16.7. The molecule has 3 atom stereocenters. The smallest absolute Gasteiger partial charge is 0.225 e. The molecule has 3 unspecified atom stereocenters. The largest absolute Gasteiger partial charge is 0.381 e. The van der Waals surface area contributed by atoms with Crippen molar-refractivity contribution in [3.8, 4) is 0 Å². The molecule has 23 heavy (non-hydrogen) atoms. The summed E-state index contributed by atoms with van der Waals surface area (Å²) in [7, 11) is 0. The number of carbonyl (C=O) groups excluding carboxylic acids is 1. The van der Waals surface area contributed by atoms with E-state index >= 15 is 0 Å². The monoisotopic (exact) mass is 340 g/mol. The molecule has 1 aromatic carbocycles. The molecule has 1 amide bonds. The molecular formula is C17H22ClFN2O2. The molecule has 2 aliphatic rings. The van der Waals surface area contributed by atoms with E-state index in [2.05, 4.69) is 17.1 Å². The molecule has 2 heterocycles. The first-order chi connectivity index (χ1) is 11.1. The summed E-state index contributed by atoms with van der Waals surface area (Å²) in [6.45, 7) is 4.96. The fourth-order valence-electron chi connectivity index (χ4n) is 3.54. The number of rotatable bonds is 4. The molecule has 6 heteroatoms. The lowest BCUT2D eigenvalue weighted by Crippen LogP contribution is -2.42. The first-order valence-corrected chi connectivity index (χ1v) is 8.55. The van der Waals surface area contributed by atoms with E-state index < -0.39 is 5.82 Å². The molecule has 0 radical (unpaired) electrons. The van der Waals surface area contributed by atoms with E-state index in [0.29, 0.717) is 13.2 Å². The van der Waals surface area contributed by atoms with Crippen LogP contribution in [0.2, 0.25) is 5.02 Å². The number of amides is 1. The van der Waals surface area contributed by atoms with Gasteiger partial charge < -0.3 is 10.1 Å². The van der Waals surface area contributed by atoms with E-state index in [1.807, 2.05) is 6.07 Å². The van der Waals surface area contributed by atoms with Crippen molar-refractivity contribution in [2.24, 2.45) is 5.92 Å². The molecule has 2 saturated heterocycles. The van der Waals surface area contributed by atoms with E-state index in [-0.39, 0.29) is 28.9 Å². The molecule has 2 aliphatic heterocycles. The number of hydrogen-bond donors (Lipinski definition) is 1. The number of carbonyl (C=O) groups is 1. The van der Waals surface area contributed by atoms with Gasteiger partial charge in [-0.15, -0.1) is 0 Å². The third-order valence-corrected chi connectivity index (χ3v) is 5.13. The van der Waals surface area contributed by atoms with Crippen molar-refractivity contribution >= 4 is 17.5 Å². The molecule has 3 rings (SSSR count). The van der Waals surface area contributed by atoms with E-state index in [9.17, 15) is 9.18 Å². The average Bonchev–Trinajstić information content (AvgIpc) is 3.19. The van der Waals surface area contributed by atoms with Gasteiger partial charge in [0.05, 0.1) is 23.6 Å². The van der Waals surface area contributed by atoms with Crippen molar-refractivity contribution in [2.45, 2.75) is 31.8 Å². The lowest BCUT2D eigenvalue weighted by molar-refractivity contribution is -0.125. The molecule has 0 bridgehead atoms. The molecule has 0 aromatic heterocycles. The zero-order valence-corrected chi connectivity index (χ0v) is 14.0. The highest BCUT2D eigenvalue weighted by Crippen LogP contribution is 2.34. The Labute approximate surface area is 140 Å². The van der Waals surface area contributed by atoms with Gasteiger partial charge in [-0.3, -0.25) is 9.69 Å². The van der Waals surface area contributed by atoms with E-state index in [1.165, 1.54) is 6.07 Å². The number of likely N-dealkylation sites (N-methyl/N-ethyl adjacent to an activating group) is 1. The molecule has 1 N–H and O–H groups in total. The highest BCUT2D eigenvalue weighted by molar-refractivity contribution is 6.30. The predicted molar refractivity (Wildman–Crippen MR) is 86.9 cm³/mol. The van der Waals surface area contributed by atoms with E-state index in [0.717, 1.165) is 31.5 Å². The van der Waals surface area contributed by atoms with Gasteiger partial charge in [-0.25, -0.2) is 4.39 Å². The van der Waals surface area contributed by atoms with E-state index in [4.69, 9.17) is 16.3 Å². The van der Waals surface area contributed by atoms with Gasteiger partial charge in [0.1, 0.15) is 5.82 Å². The van der Waals surface area contributed by atoms with Crippen molar-refractivity contribution in [1.29, 1.82) is 0 Å². The summed E-state index contributed by atoms with van der Waals surface area (Å²) in [4.78, 5) is 14.7. The minimum absolute atomic E-state index is 0.0105. The maximum atomic E-state index is 13.8. The topological polar surface area (TPSA) is 41.6 Å². The number of nitrogens with zero attached hydrogens (tertiary/aromatic N) is 1. The van der Waals surface area contributed by atoms with Crippen LogP contribution in [0.3, 0.4) is 0 Å².